The van der Waals surface area contributed by atoms with E-state index in [1.54, 1.807) is 0 Å². The van der Waals surface area contributed by atoms with Crippen LogP contribution in [0.15, 0.2) is 24.3 Å². The molecule has 1 saturated carbocycles. The van der Waals surface area contributed by atoms with Gasteiger partial charge in [-0.2, -0.15) is 0 Å². The first-order valence-corrected chi connectivity index (χ1v) is 6.04. The van der Waals surface area contributed by atoms with Crippen molar-refractivity contribution in [3.8, 4) is 0 Å². The van der Waals surface area contributed by atoms with Gasteiger partial charge in [0.25, 0.3) is 0 Å². The van der Waals surface area contributed by atoms with Crippen LogP contribution in [0.5, 0.6) is 0 Å². The number of carboxylic acids is 1. The van der Waals surface area contributed by atoms with Crippen molar-refractivity contribution < 1.29 is 15.0 Å². The minimum absolute atomic E-state index is 0.0222. The van der Waals surface area contributed by atoms with Gasteiger partial charge in [0.15, 0.2) is 0 Å². The van der Waals surface area contributed by atoms with Crippen molar-refractivity contribution in [2.45, 2.75) is 38.2 Å². The van der Waals surface area contributed by atoms with Gasteiger partial charge in [-0.3, -0.25) is 4.79 Å². The van der Waals surface area contributed by atoms with Crippen molar-refractivity contribution in [1.82, 2.24) is 0 Å². The smallest absolute Gasteiger partial charge is 0.303 e. The molecule has 0 bridgehead atoms. The van der Waals surface area contributed by atoms with Crippen LogP contribution in [-0.4, -0.2) is 22.3 Å². The fourth-order valence-corrected chi connectivity index (χ4v) is 2.88. The Kier molecular flexibility index (Phi) is 3.48. The molecular weight excluding hydrogens is 216 g/mol. The third-order valence-electron chi connectivity index (χ3n) is 3.62. The number of aliphatic hydroxyl groups excluding tert-OH is 1. The van der Waals surface area contributed by atoms with Crippen molar-refractivity contribution in [2.75, 3.05) is 0 Å². The van der Waals surface area contributed by atoms with Gasteiger partial charge < -0.3 is 10.2 Å². The summed E-state index contributed by atoms with van der Waals surface area (Å²) in [5.74, 6) is -0.739. The van der Waals surface area contributed by atoms with Crippen molar-refractivity contribution in [1.29, 1.82) is 0 Å². The van der Waals surface area contributed by atoms with E-state index in [9.17, 15) is 9.90 Å². The van der Waals surface area contributed by atoms with Gasteiger partial charge in [-0.1, -0.05) is 29.8 Å². The number of benzene rings is 1. The summed E-state index contributed by atoms with van der Waals surface area (Å²) in [4.78, 5) is 10.8. The van der Waals surface area contributed by atoms with Crippen LogP contribution in [0, 0.1) is 12.8 Å². The Morgan fingerprint density at radius 1 is 1.41 bits per heavy atom. The quantitative estimate of drug-likeness (QED) is 0.843. The predicted octanol–water partition coefficient (Wildman–Crippen LogP) is 2.32. The molecule has 1 aromatic carbocycles. The number of hydrogen-bond acceptors (Lipinski definition) is 2. The van der Waals surface area contributed by atoms with Gasteiger partial charge in [0.2, 0.25) is 0 Å². The summed E-state index contributed by atoms with van der Waals surface area (Å²) in [6, 6.07) is 8.01. The molecule has 1 fully saturated rings. The Labute approximate surface area is 101 Å². The highest BCUT2D eigenvalue weighted by molar-refractivity contribution is 5.67. The number of aliphatic carboxylic acids is 1. The Morgan fingerprint density at radius 3 is 2.82 bits per heavy atom. The minimum Gasteiger partial charge on any atom is -0.481 e. The molecule has 1 aromatic rings. The first-order chi connectivity index (χ1) is 8.08. The van der Waals surface area contributed by atoms with E-state index >= 15 is 0 Å². The summed E-state index contributed by atoms with van der Waals surface area (Å²) in [6.45, 7) is 2.01. The predicted molar refractivity (Wildman–Crippen MR) is 64.9 cm³/mol. The summed E-state index contributed by atoms with van der Waals surface area (Å²) in [6.07, 6.45) is 1.25. The molecule has 0 aromatic heterocycles. The molecule has 17 heavy (non-hydrogen) atoms. The van der Waals surface area contributed by atoms with Crippen LogP contribution in [0.1, 0.15) is 36.3 Å². The van der Waals surface area contributed by atoms with E-state index in [0.717, 1.165) is 17.5 Å². The van der Waals surface area contributed by atoms with Gasteiger partial charge in [-0.05, 0) is 31.2 Å². The zero-order chi connectivity index (χ0) is 12.4. The number of rotatable bonds is 3. The lowest BCUT2D eigenvalue weighted by atomic mass is 9.85. The number of hydrogen-bond donors (Lipinski definition) is 2. The molecule has 0 heterocycles. The summed E-state index contributed by atoms with van der Waals surface area (Å²) in [7, 11) is 0. The Bertz CT molecular complexity index is 414. The fraction of sp³-hybridized carbons (Fsp3) is 0.500. The summed E-state index contributed by atoms with van der Waals surface area (Å²) in [5.41, 5.74) is 2.22. The topological polar surface area (TPSA) is 57.5 Å². The summed E-state index contributed by atoms with van der Waals surface area (Å²) in [5, 5.41) is 18.9. The summed E-state index contributed by atoms with van der Waals surface area (Å²) >= 11 is 0. The van der Waals surface area contributed by atoms with E-state index in [1.165, 1.54) is 0 Å². The highest BCUT2D eigenvalue weighted by Gasteiger charge is 2.37. The van der Waals surface area contributed by atoms with Crippen molar-refractivity contribution in [3.05, 3.63) is 35.4 Å². The second-order valence-corrected chi connectivity index (χ2v) is 4.94. The zero-order valence-electron chi connectivity index (χ0n) is 9.97. The van der Waals surface area contributed by atoms with Crippen LogP contribution in [-0.2, 0) is 4.79 Å². The minimum atomic E-state index is -0.776. The lowest BCUT2D eigenvalue weighted by Crippen LogP contribution is -2.19. The van der Waals surface area contributed by atoms with Crippen molar-refractivity contribution in [2.24, 2.45) is 5.92 Å². The van der Waals surface area contributed by atoms with Crippen LogP contribution < -0.4 is 0 Å². The van der Waals surface area contributed by atoms with Crippen LogP contribution in [0.25, 0.3) is 0 Å². The van der Waals surface area contributed by atoms with E-state index in [0.29, 0.717) is 6.42 Å². The van der Waals surface area contributed by atoms with E-state index in [4.69, 9.17) is 5.11 Å². The SMILES string of the molecule is Cc1cccc(C2C(O)CCC2CC(=O)O)c1. The molecule has 0 spiro atoms. The van der Waals surface area contributed by atoms with E-state index < -0.39 is 12.1 Å². The van der Waals surface area contributed by atoms with Gasteiger partial charge in [0, 0.05) is 12.3 Å². The van der Waals surface area contributed by atoms with Crippen LogP contribution in [0.4, 0.5) is 0 Å². The van der Waals surface area contributed by atoms with Crippen molar-refractivity contribution in [3.63, 3.8) is 0 Å². The lowest BCUT2D eigenvalue weighted by Gasteiger charge is -2.21. The third kappa shape index (κ3) is 2.67. The molecule has 3 nitrogen and oxygen atoms in total. The third-order valence-corrected chi connectivity index (χ3v) is 3.62. The van der Waals surface area contributed by atoms with E-state index in [-0.39, 0.29) is 18.3 Å². The molecule has 92 valence electrons. The molecule has 3 heteroatoms. The van der Waals surface area contributed by atoms with Crippen LogP contribution in [0.2, 0.25) is 0 Å². The van der Waals surface area contributed by atoms with Gasteiger partial charge >= 0.3 is 5.97 Å². The molecular formula is C14H18O3. The molecule has 0 radical (unpaired) electrons. The lowest BCUT2D eigenvalue weighted by molar-refractivity contribution is -0.138. The molecule has 0 aliphatic heterocycles. The maximum Gasteiger partial charge on any atom is 0.303 e. The number of aryl methyl sites for hydroxylation is 1. The van der Waals surface area contributed by atoms with E-state index in [1.807, 2.05) is 31.2 Å². The number of carbonyl (C=O) groups is 1. The van der Waals surface area contributed by atoms with Gasteiger partial charge in [-0.15, -0.1) is 0 Å². The molecule has 0 saturated heterocycles. The monoisotopic (exact) mass is 234 g/mol. The number of aliphatic hydroxyl groups is 1. The highest BCUT2D eigenvalue weighted by atomic mass is 16.4. The highest BCUT2D eigenvalue weighted by Crippen LogP contribution is 2.41. The number of carboxylic acid groups (broad SMARTS) is 1. The summed E-state index contributed by atoms with van der Waals surface area (Å²) < 4.78 is 0. The molecule has 1 aliphatic carbocycles. The van der Waals surface area contributed by atoms with Gasteiger partial charge in [0.05, 0.1) is 6.10 Å². The first-order valence-electron chi connectivity index (χ1n) is 6.04. The average Bonchev–Trinajstić information content (AvgIpc) is 2.59. The zero-order valence-corrected chi connectivity index (χ0v) is 9.97. The molecule has 3 atom stereocenters. The largest absolute Gasteiger partial charge is 0.481 e. The average molecular weight is 234 g/mol. The first kappa shape index (κ1) is 12.1. The maximum absolute atomic E-state index is 10.8. The Balaban J connectivity index is 2.24. The molecule has 2 rings (SSSR count). The molecule has 2 N–H and O–H groups in total. The van der Waals surface area contributed by atoms with E-state index in [2.05, 4.69) is 0 Å². The maximum atomic E-state index is 10.8. The van der Waals surface area contributed by atoms with Gasteiger partial charge in [-0.25, -0.2) is 0 Å². The van der Waals surface area contributed by atoms with Crippen LogP contribution >= 0.6 is 0 Å². The second kappa shape index (κ2) is 4.88. The Hall–Kier alpha value is -1.35. The Morgan fingerprint density at radius 2 is 2.18 bits per heavy atom. The fourth-order valence-electron chi connectivity index (χ4n) is 2.88. The van der Waals surface area contributed by atoms with Crippen LogP contribution in [0.3, 0.4) is 0 Å². The standard InChI is InChI=1S/C14H18O3/c1-9-3-2-4-10(7-9)14-11(8-13(16)17)5-6-12(14)15/h2-4,7,11-12,14-15H,5-6,8H2,1H3,(H,16,17). The molecule has 1 aliphatic rings. The van der Waals surface area contributed by atoms with Crippen molar-refractivity contribution >= 4 is 5.97 Å². The second-order valence-electron chi connectivity index (χ2n) is 4.94. The molecule has 0 amide bonds. The normalized spacial score (nSPS) is 28.2. The molecule has 3 unspecified atom stereocenters. The van der Waals surface area contributed by atoms with Gasteiger partial charge in [0.1, 0.15) is 0 Å².